The lowest BCUT2D eigenvalue weighted by atomic mass is 10.2. The Morgan fingerprint density at radius 1 is 1.44 bits per heavy atom. The van der Waals surface area contributed by atoms with Gasteiger partial charge in [-0.3, -0.25) is 0 Å². The number of halogens is 2. The molecule has 2 aromatic rings. The first-order valence-electron chi connectivity index (χ1n) is 5.76. The number of hydrogen-bond acceptors (Lipinski definition) is 4. The fourth-order valence-corrected chi connectivity index (χ4v) is 2.98. The second-order valence-electron chi connectivity index (χ2n) is 4.23. The highest BCUT2D eigenvalue weighted by molar-refractivity contribution is 14.1. The molecule has 94 valence electrons. The summed E-state index contributed by atoms with van der Waals surface area (Å²) in [6, 6.07) is 6.27. The number of aromatic nitrogens is 2. The second-order valence-corrected chi connectivity index (χ2v) is 6.31. The smallest absolute Gasteiger partial charge is 0.259 e. The zero-order valence-electron chi connectivity index (χ0n) is 9.49. The zero-order valence-corrected chi connectivity index (χ0v) is 13.2. The van der Waals surface area contributed by atoms with Gasteiger partial charge in [-0.15, -0.1) is 0 Å². The molecule has 1 aliphatic rings. The van der Waals surface area contributed by atoms with E-state index in [4.69, 9.17) is 4.52 Å². The third kappa shape index (κ3) is 2.46. The fourth-order valence-electron chi connectivity index (χ4n) is 2.05. The number of nitrogens with one attached hydrogen (secondary N) is 1. The Kier molecular flexibility index (Phi) is 3.67. The van der Waals surface area contributed by atoms with E-state index in [2.05, 4.69) is 54.0 Å². The highest BCUT2D eigenvalue weighted by Gasteiger charge is 2.22. The van der Waals surface area contributed by atoms with Crippen molar-refractivity contribution in [3.05, 3.63) is 32.1 Å². The molecule has 3 rings (SSSR count). The summed E-state index contributed by atoms with van der Waals surface area (Å²) in [5, 5.41) is 7.45. The highest BCUT2D eigenvalue weighted by atomic mass is 127. The fraction of sp³-hybridized carbons (Fsp3) is 0.333. The van der Waals surface area contributed by atoms with Crippen LogP contribution in [0.1, 0.15) is 24.7 Å². The zero-order chi connectivity index (χ0) is 12.5. The molecule has 0 radical (unpaired) electrons. The van der Waals surface area contributed by atoms with Crippen LogP contribution in [0.15, 0.2) is 27.2 Å². The van der Waals surface area contributed by atoms with E-state index >= 15 is 0 Å². The van der Waals surface area contributed by atoms with Crippen LogP contribution in [0.4, 0.5) is 0 Å². The van der Waals surface area contributed by atoms with Gasteiger partial charge in [0.15, 0.2) is 5.82 Å². The molecule has 4 nitrogen and oxygen atoms in total. The molecule has 1 fully saturated rings. The average Bonchev–Trinajstić information content (AvgIpc) is 3.00. The molecule has 18 heavy (non-hydrogen) atoms. The van der Waals surface area contributed by atoms with Gasteiger partial charge in [0.25, 0.3) is 5.89 Å². The van der Waals surface area contributed by atoms with Crippen molar-refractivity contribution in [3.8, 4) is 11.5 Å². The molecular formula is C12H11BrIN3O. The maximum atomic E-state index is 5.37. The minimum absolute atomic E-state index is 0.243. The number of nitrogens with zero attached hydrogens (tertiary/aromatic N) is 2. The molecular weight excluding hydrogens is 409 g/mol. The van der Waals surface area contributed by atoms with Gasteiger partial charge in [0, 0.05) is 8.04 Å². The minimum Gasteiger partial charge on any atom is -0.334 e. The van der Waals surface area contributed by atoms with E-state index in [0.717, 1.165) is 32.4 Å². The first-order chi connectivity index (χ1) is 8.74. The summed E-state index contributed by atoms with van der Waals surface area (Å²) in [5.41, 5.74) is 0.974. The first kappa shape index (κ1) is 12.6. The Labute approximate surface area is 127 Å². The van der Waals surface area contributed by atoms with Crippen molar-refractivity contribution >= 4 is 38.5 Å². The van der Waals surface area contributed by atoms with Gasteiger partial charge >= 0.3 is 0 Å². The summed E-state index contributed by atoms with van der Waals surface area (Å²) in [6.07, 6.45) is 2.25. The Morgan fingerprint density at radius 3 is 3.11 bits per heavy atom. The van der Waals surface area contributed by atoms with Crippen molar-refractivity contribution in [2.24, 2.45) is 0 Å². The summed E-state index contributed by atoms with van der Waals surface area (Å²) in [7, 11) is 0. The van der Waals surface area contributed by atoms with Gasteiger partial charge in [0.05, 0.1) is 11.6 Å². The molecule has 1 aliphatic heterocycles. The van der Waals surface area contributed by atoms with Crippen molar-refractivity contribution in [2.75, 3.05) is 6.54 Å². The van der Waals surface area contributed by atoms with Crippen LogP contribution >= 0.6 is 38.5 Å². The van der Waals surface area contributed by atoms with E-state index in [0.29, 0.717) is 5.89 Å². The second kappa shape index (κ2) is 5.26. The van der Waals surface area contributed by atoms with Crippen LogP contribution in [-0.4, -0.2) is 16.7 Å². The Morgan fingerprint density at radius 2 is 2.33 bits per heavy atom. The van der Waals surface area contributed by atoms with Gasteiger partial charge in [-0.1, -0.05) is 21.1 Å². The number of rotatable bonds is 2. The van der Waals surface area contributed by atoms with Gasteiger partial charge < -0.3 is 9.84 Å². The molecule has 2 heterocycles. The summed E-state index contributed by atoms with van der Waals surface area (Å²) in [5.74, 6) is 1.35. The minimum atomic E-state index is 0.243. The van der Waals surface area contributed by atoms with E-state index < -0.39 is 0 Å². The average molecular weight is 420 g/mol. The van der Waals surface area contributed by atoms with E-state index in [1.807, 2.05) is 18.2 Å². The topological polar surface area (TPSA) is 51.0 Å². The van der Waals surface area contributed by atoms with E-state index in [9.17, 15) is 0 Å². The van der Waals surface area contributed by atoms with Crippen molar-refractivity contribution in [2.45, 2.75) is 18.9 Å². The van der Waals surface area contributed by atoms with E-state index in [1.54, 1.807) is 0 Å². The lowest BCUT2D eigenvalue weighted by Gasteiger charge is -2.02. The van der Waals surface area contributed by atoms with Gasteiger partial charge in [0.2, 0.25) is 0 Å². The number of hydrogen-bond donors (Lipinski definition) is 1. The van der Waals surface area contributed by atoms with E-state index in [1.165, 1.54) is 6.42 Å². The standard InChI is InChI=1S/C12H11BrIN3O/c13-7-3-4-9(14)8(6-7)12-16-11(17-18-12)10-2-1-5-15-10/h3-4,6,10,15H,1-2,5H2. The molecule has 6 heteroatoms. The molecule has 0 amide bonds. The van der Waals surface area contributed by atoms with Crippen LogP contribution in [0, 0.1) is 3.57 Å². The quantitative estimate of drug-likeness (QED) is 0.756. The molecule has 0 spiro atoms. The van der Waals surface area contributed by atoms with Crippen molar-refractivity contribution in [1.82, 2.24) is 15.5 Å². The Bertz CT molecular complexity index is 566. The van der Waals surface area contributed by atoms with Crippen LogP contribution in [-0.2, 0) is 0 Å². The molecule has 1 N–H and O–H groups in total. The molecule has 0 saturated carbocycles. The monoisotopic (exact) mass is 419 g/mol. The van der Waals surface area contributed by atoms with Crippen molar-refractivity contribution < 1.29 is 4.52 Å². The van der Waals surface area contributed by atoms with Crippen LogP contribution in [0.2, 0.25) is 0 Å². The largest absolute Gasteiger partial charge is 0.334 e. The normalized spacial score (nSPS) is 19.3. The SMILES string of the molecule is Brc1ccc(I)c(-c2nc(C3CCCN3)no2)c1. The van der Waals surface area contributed by atoms with Crippen molar-refractivity contribution in [3.63, 3.8) is 0 Å². The van der Waals surface area contributed by atoms with Gasteiger partial charge in [-0.05, 0) is 60.2 Å². The first-order valence-corrected chi connectivity index (χ1v) is 7.63. The third-order valence-electron chi connectivity index (χ3n) is 2.97. The third-order valence-corrected chi connectivity index (χ3v) is 4.41. The van der Waals surface area contributed by atoms with Gasteiger partial charge in [-0.2, -0.15) is 4.98 Å². The number of benzene rings is 1. The molecule has 1 unspecified atom stereocenters. The maximum Gasteiger partial charge on any atom is 0.259 e. The van der Waals surface area contributed by atoms with Crippen LogP contribution in [0.3, 0.4) is 0 Å². The lowest BCUT2D eigenvalue weighted by Crippen LogP contribution is -2.14. The van der Waals surface area contributed by atoms with Gasteiger partial charge in [0.1, 0.15) is 0 Å². The van der Waals surface area contributed by atoms with E-state index in [-0.39, 0.29) is 6.04 Å². The Balaban J connectivity index is 1.94. The van der Waals surface area contributed by atoms with Crippen LogP contribution in [0.25, 0.3) is 11.5 Å². The molecule has 0 bridgehead atoms. The van der Waals surface area contributed by atoms with Crippen LogP contribution in [0.5, 0.6) is 0 Å². The summed E-state index contributed by atoms with van der Waals surface area (Å²) in [4.78, 5) is 4.50. The summed E-state index contributed by atoms with van der Waals surface area (Å²) in [6.45, 7) is 1.03. The van der Waals surface area contributed by atoms with Crippen molar-refractivity contribution in [1.29, 1.82) is 0 Å². The highest BCUT2D eigenvalue weighted by Crippen LogP contribution is 2.29. The molecule has 1 aromatic carbocycles. The lowest BCUT2D eigenvalue weighted by molar-refractivity contribution is 0.412. The summed E-state index contributed by atoms with van der Waals surface area (Å²) < 4.78 is 7.49. The molecule has 1 atom stereocenters. The summed E-state index contributed by atoms with van der Waals surface area (Å²) >= 11 is 5.73. The Hall–Kier alpha value is -0.470. The predicted molar refractivity (Wildman–Crippen MR) is 80.1 cm³/mol. The molecule has 0 aliphatic carbocycles. The van der Waals surface area contributed by atoms with Gasteiger partial charge in [-0.25, -0.2) is 0 Å². The predicted octanol–water partition coefficient (Wildman–Crippen LogP) is 3.53. The maximum absolute atomic E-state index is 5.37. The van der Waals surface area contributed by atoms with Crippen LogP contribution < -0.4 is 5.32 Å². The molecule has 1 aromatic heterocycles. The molecule has 1 saturated heterocycles.